The van der Waals surface area contributed by atoms with Gasteiger partial charge >= 0.3 is 12.4 Å². The SMILES string of the molecule is Cc1cc(F)ccc1[C@@H]1CN(C(=O)CC(C)(C)O)CC[C@H]1N(C)C(=O)C(C)(C)c1cc(C(F)(F)F)cc(C(F)(F)F)c1. The molecular weight excluding hydrogens is 569 g/mol. The smallest absolute Gasteiger partial charge is 0.390 e. The summed E-state index contributed by atoms with van der Waals surface area (Å²) in [6.45, 7) is 7.48. The lowest BCUT2D eigenvalue weighted by molar-refractivity contribution is -0.145. The molecule has 0 bridgehead atoms. The maximum absolute atomic E-state index is 13.9. The van der Waals surface area contributed by atoms with Crippen LogP contribution in [0.1, 0.15) is 74.3 Å². The van der Waals surface area contributed by atoms with Crippen LogP contribution in [0, 0.1) is 12.7 Å². The topological polar surface area (TPSA) is 60.9 Å². The molecule has 0 spiro atoms. The maximum Gasteiger partial charge on any atom is 0.416 e. The molecule has 3 rings (SSSR count). The molecule has 2 amide bonds. The number of hydrogen-bond acceptors (Lipinski definition) is 3. The Kier molecular flexibility index (Phi) is 9.13. The number of likely N-dealkylation sites (N-methyl/N-ethyl adjacent to an activating group) is 1. The minimum absolute atomic E-state index is 0.0154. The van der Waals surface area contributed by atoms with Crippen LogP contribution in [0.15, 0.2) is 36.4 Å². The Morgan fingerprint density at radius 2 is 1.45 bits per heavy atom. The van der Waals surface area contributed by atoms with E-state index in [1.54, 1.807) is 6.92 Å². The first-order valence-electron chi connectivity index (χ1n) is 13.4. The number of alkyl halides is 6. The average Bonchev–Trinajstić information content (AvgIpc) is 2.85. The van der Waals surface area contributed by atoms with Crippen molar-refractivity contribution >= 4 is 11.8 Å². The molecule has 1 heterocycles. The Labute approximate surface area is 240 Å². The van der Waals surface area contributed by atoms with Crippen LogP contribution in [0.5, 0.6) is 0 Å². The zero-order valence-corrected chi connectivity index (χ0v) is 24.3. The van der Waals surface area contributed by atoms with Crippen molar-refractivity contribution < 1.29 is 45.4 Å². The first-order valence-corrected chi connectivity index (χ1v) is 13.4. The number of halogens is 7. The molecule has 0 radical (unpaired) electrons. The molecule has 5 nitrogen and oxygen atoms in total. The minimum atomic E-state index is -5.07. The van der Waals surface area contributed by atoms with E-state index in [9.17, 15) is 45.4 Å². The summed E-state index contributed by atoms with van der Waals surface area (Å²) < 4.78 is 95.2. The number of nitrogens with zero attached hydrogens (tertiary/aromatic N) is 2. The number of benzene rings is 2. The zero-order chi connectivity index (χ0) is 32.0. The average molecular weight is 605 g/mol. The van der Waals surface area contributed by atoms with Gasteiger partial charge < -0.3 is 14.9 Å². The highest BCUT2D eigenvalue weighted by Gasteiger charge is 2.44. The second-order valence-corrected chi connectivity index (χ2v) is 12.1. The second kappa shape index (κ2) is 11.5. The van der Waals surface area contributed by atoms with Gasteiger partial charge in [0, 0.05) is 32.1 Å². The van der Waals surface area contributed by atoms with Crippen LogP contribution in [-0.4, -0.2) is 58.5 Å². The molecule has 2 atom stereocenters. The largest absolute Gasteiger partial charge is 0.416 e. The van der Waals surface area contributed by atoms with Crippen LogP contribution in [0.25, 0.3) is 0 Å². The highest BCUT2D eigenvalue weighted by Crippen LogP contribution is 2.41. The zero-order valence-electron chi connectivity index (χ0n) is 24.3. The molecule has 1 saturated heterocycles. The van der Waals surface area contributed by atoms with Crippen LogP contribution in [0.4, 0.5) is 30.7 Å². The van der Waals surface area contributed by atoms with E-state index < -0.39 is 63.7 Å². The van der Waals surface area contributed by atoms with Gasteiger partial charge in [0.1, 0.15) is 5.82 Å². The van der Waals surface area contributed by atoms with Gasteiger partial charge in [-0.05, 0) is 88.1 Å². The van der Waals surface area contributed by atoms with E-state index >= 15 is 0 Å². The Morgan fingerprint density at radius 3 is 1.93 bits per heavy atom. The predicted octanol–water partition coefficient (Wildman–Crippen LogP) is 6.45. The molecule has 232 valence electrons. The van der Waals surface area contributed by atoms with Gasteiger partial charge in [-0.25, -0.2) is 4.39 Å². The third-order valence-corrected chi connectivity index (χ3v) is 7.81. The first-order chi connectivity index (χ1) is 19.0. The lowest BCUT2D eigenvalue weighted by atomic mass is 9.78. The van der Waals surface area contributed by atoms with Crippen LogP contribution < -0.4 is 0 Å². The summed E-state index contributed by atoms with van der Waals surface area (Å²) in [6, 6.07) is 4.59. The highest BCUT2D eigenvalue weighted by molar-refractivity contribution is 5.88. The van der Waals surface area contributed by atoms with Crippen molar-refractivity contribution in [2.75, 3.05) is 20.1 Å². The number of carbonyl (C=O) groups excluding carboxylic acids is 2. The Balaban J connectivity index is 2.03. The fourth-order valence-electron chi connectivity index (χ4n) is 5.50. The van der Waals surface area contributed by atoms with E-state index in [1.807, 2.05) is 0 Å². The van der Waals surface area contributed by atoms with Crippen molar-refractivity contribution in [2.45, 2.75) is 82.8 Å². The molecule has 1 aliphatic rings. The number of hydrogen-bond donors (Lipinski definition) is 1. The van der Waals surface area contributed by atoms with Gasteiger partial charge in [0.2, 0.25) is 11.8 Å². The van der Waals surface area contributed by atoms with Crippen molar-refractivity contribution in [1.29, 1.82) is 0 Å². The van der Waals surface area contributed by atoms with Gasteiger partial charge in [0.05, 0.1) is 28.6 Å². The normalized spacial score (nSPS) is 18.7. The van der Waals surface area contributed by atoms with Crippen molar-refractivity contribution in [2.24, 2.45) is 0 Å². The molecule has 0 unspecified atom stereocenters. The van der Waals surface area contributed by atoms with Crippen molar-refractivity contribution in [3.05, 3.63) is 70.0 Å². The highest BCUT2D eigenvalue weighted by atomic mass is 19.4. The monoisotopic (exact) mass is 604 g/mol. The molecule has 2 aromatic carbocycles. The first kappa shape index (κ1) is 33.4. The number of amides is 2. The standard InChI is InChI=1S/C30H35F7N2O3/c1-17-11-21(31)7-8-22(17)23-16-39(25(40)15-27(2,3)42)10-9-24(23)38(6)26(41)28(4,5)18-12-19(29(32,33)34)14-20(13-18)30(35,36)37/h7-8,11-14,23-24,42H,9-10,15-16H2,1-6H3/t23-,24+/m0/s1. The second-order valence-electron chi connectivity index (χ2n) is 12.1. The van der Waals surface area contributed by atoms with E-state index in [-0.39, 0.29) is 37.9 Å². The quantitative estimate of drug-likeness (QED) is 0.386. The van der Waals surface area contributed by atoms with Gasteiger partial charge in [-0.2, -0.15) is 26.3 Å². The minimum Gasteiger partial charge on any atom is -0.390 e. The summed E-state index contributed by atoms with van der Waals surface area (Å²) in [5.41, 5.74) is -5.37. The third kappa shape index (κ3) is 7.43. The molecule has 0 saturated carbocycles. The summed E-state index contributed by atoms with van der Waals surface area (Å²) >= 11 is 0. The lowest BCUT2D eigenvalue weighted by Gasteiger charge is -2.45. The number of carbonyl (C=O) groups is 2. The summed E-state index contributed by atoms with van der Waals surface area (Å²) in [6.07, 6.45) is -10.1. The third-order valence-electron chi connectivity index (χ3n) is 7.81. The molecule has 42 heavy (non-hydrogen) atoms. The molecule has 1 fully saturated rings. The van der Waals surface area contributed by atoms with Gasteiger partial charge in [-0.1, -0.05) is 6.07 Å². The van der Waals surface area contributed by atoms with E-state index in [4.69, 9.17) is 0 Å². The van der Waals surface area contributed by atoms with E-state index in [0.717, 1.165) is 0 Å². The van der Waals surface area contributed by atoms with E-state index in [2.05, 4.69) is 0 Å². The Hall–Kier alpha value is -3.15. The van der Waals surface area contributed by atoms with Crippen molar-refractivity contribution in [3.8, 4) is 0 Å². The molecular formula is C30H35F7N2O3. The molecule has 1 aliphatic heterocycles. The van der Waals surface area contributed by atoms with Crippen LogP contribution in [-0.2, 0) is 27.4 Å². The molecule has 12 heteroatoms. The van der Waals surface area contributed by atoms with Gasteiger partial charge in [-0.15, -0.1) is 0 Å². The van der Waals surface area contributed by atoms with Crippen molar-refractivity contribution in [1.82, 2.24) is 9.80 Å². The van der Waals surface area contributed by atoms with Gasteiger partial charge in [0.25, 0.3) is 0 Å². The van der Waals surface area contributed by atoms with Crippen LogP contribution >= 0.6 is 0 Å². The summed E-state index contributed by atoms with van der Waals surface area (Å²) in [5.74, 6) is -2.10. The predicted molar refractivity (Wildman–Crippen MR) is 142 cm³/mol. The lowest BCUT2D eigenvalue weighted by Crippen LogP contribution is -2.55. The number of likely N-dealkylation sites (tertiary alicyclic amines) is 1. The molecule has 0 aromatic heterocycles. The Bertz CT molecular complexity index is 1300. The fraction of sp³-hybridized carbons (Fsp3) is 0.533. The van der Waals surface area contributed by atoms with Crippen molar-refractivity contribution in [3.63, 3.8) is 0 Å². The fourth-order valence-corrected chi connectivity index (χ4v) is 5.50. The summed E-state index contributed by atoms with van der Waals surface area (Å²) in [4.78, 5) is 29.7. The number of piperidine rings is 1. The molecule has 0 aliphatic carbocycles. The number of aliphatic hydroxyl groups is 1. The van der Waals surface area contributed by atoms with Crippen LogP contribution in [0.3, 0.4) is 0 Å². The summed E-state index contributed by atoms with van der Waals surface area (Å²) in [5, 5.41) is 10.1. The summed E-state index contributed by atoms with van der Waals surface area (Å²) in [7, 11) is 1.42. The maximum atomic E-state index is 13.9. The van der Waals surface area contributed by atoms with E-state index in [1.165, 1.54) is 62.7 Å². The van der Waals surface area contributed by atoms with Gasteiger partial charge in [-0.3, -0.25) is 9.59 Å². The number of rotatable bonds is 6. The van der Waals surface area contributed by atoms with Gasteiger partial charge in [0.15, 0.2) is 0 Å². The number of aryl methyl sites for hydroxylation is 1. The van der Waals surface area contributed by atoms with E-state index in [0.29, 0.717) is 23.3 Å². The Morgan fingerprint density at radius 1 is 0.929 bits per heavy atom. The molecule has 1 N–H and O–H groups in total. The van der Waals surface area contributed by atoms with Crippen LogP contribution in [0.2, 0.25) is 0 Å². The molecule has 2 aromatic rings.